The molecule has 1 aliphatic rings. The largest absolute Gasteiger partial charge is 0.459 e. The molecule has 0 amide bonds. The smallest absolute Gasteiger partial charge is 0.363 e. The van der Waals surface area contributed by atoms with E-state index in [9.17, 15) is 9.59 Å². The number of carbonyl (C=O) groups is 2. The summed E-state index contributed by atoms with van der Waals surface area (Å²) >= 11 is 12.0. The Morgan fingerprint density at radius 2 is 2.12 bits per heavy atom. The van der Waals surface area contributed by atoms with Crippen molar-refractivity contribution in [3.8, 4) is 5.75 Å². The predicted octanol–water partition coefficient (Wildman–Crippen LogP) is 3.86. The van der Waals surface area contributed by atoms with Crippen LogP contribution in [0.2, 0.25) is 10.0 Å². The lowest BCUT2D eigenvalue weighted by Crippen LogP contribution is -2.05. The molecule has 0 unspecified atom stereocenters. The number of carbonyl (C=O) groups excluding carboxylic acids is 2. The second-order valence-electron chi connectivity index (χ2n) is 4.71. The highest BCUT2D eigenvalue weighted by atomic mass is 35.5. The topological polar surface area (TPSA) is 78.1 Å². The molecule has 8 heteroatoms. The van der Waals surface area contributed by atoms with Crippen molar-refractivity contribution in [3.63, 3.8) is 0 Å². The molecular formula is C16H9Cl2NO5. The first kappa shape index (κ1) is 16.3. The molecule has 0 aliphatic carbocycles. The first-order chi connectivity index (χ1) is 11.4. The Hall–Kier alpha value is -2.57. The number of hydrogen-bond acceptors (Lipinski definition) is 6. The number of aliphatic imine (C=N–C) groups is 1. The van der Waals surface area contributed by atoms with Crippen molar-refractivity contribution < 1.29 is 23.5 Å². The van der Waals surface area contributed by atoms with Crippen LogP contribution in [0.15, 0.2) is 45.6 Å². The number of rotatable bonds is 3. The zero-order valence-electron chi connectivity index (χ0n) is 12.2. The van der Waals surface area contributed by atoms with Crippen LogP contribution in [0.1, 0.15) is 18.2 Å². The van der Waals surface area contributed by atoms with Crippen molar-refractivity contribution in [2.24, 2.45) is 4.99 Å². The molecule has 0 bridgehead atoms. The van der Waals surface area contributed by atoms with E-state index in [1.165, 1.54) is 31.4 Å². The first-order valence-corrected chi connectivity index (χ1v) is 7.43. The zero-order chi connectivity index (χ0) is 17.3. The van der Waals surface area contributed by atoms with Gasteiger partial charge in [-0.25, -0.2) is 9.79 Å². The fraction of sp³-hybridized carbons (Fsp3) is 0.0625. The molecule has 0 fully saturated rings. The summed E-state index contributed by atoms with van der Waals surface area (Å²) < 4.78 is 15.3. The summed E-state index contributed by atoms with van der Waals surface area (Å²) in [5.74, 6) is -0.802. The zero-order valence-corrected chi connectivity index (χ0v) is 13.7. The Balaban J connectivity index is 2.04. The molecule has 1 aromatic carbocycles. The monoisotopic (exact) mass is 365 g/mol. The van der Waals surface area contributed by atoms with E-state index in [-0.39, 0.29) is 22.4 Å². The van der Waals surface area contributed by atoms with E-state index in [1.54, 1.807) is 12.1 Å². The second kappa shape index (κ2) is 6.51. The molecule has 2 heterocycles. The quantitative estimate of drug-likeness (QED) is 0.468. The molecule has 3 rings (SSSR count). The number of cyclic esters (lactones) is 1. The van der Waals surface area contributed by atoms with Gasteiger partial charge in [0.25, 0.3) is 5.90 Å². The summed E-state index contributed by atoms with van der Waals surface area (Å²) in [6.07, 6.45) is 2.80. The Morgan fingerprint density at radius 3 is 2.79 bits per heavy atom. The van der Waals surface area contributed by atoms with E-state index in [2.05, 4.69) is 4.99 Å². The number of furan rings is 1. The number of nitrogens with zero attached hydrogens (tertiary/aromatic N) is 1. The van der Waals surface area contributed by atoms with Crippen molar-refractivity contribution in [2.45, 2.75) is 6.92 Å². The van der Waals surface area contributed by atoms with Crippen molar-refractivity contribution in [1.29, 1.82) is 0 Å². The number of hydrogen-bond donors (Lipinski definition) is 0. The van der Waals surface area contributed by atoms with Crippen LogP contribution in [-0.2, 0) is 14.3 Å². The van der Waals surface area contributed by atoms with Crippen LogP contribution < -0.4 is 4.74 Å². The van der Waals surface area contributed by atoms with Gasteiger partial charge >= 0.3 is 11.9 Å². The maximum atomic E-state index is 12.0. The molecule has 0 saturated carbocycles. The number of ether oxygens (including phenoxy) is 2. The summed E-state index contributed by atoms with van der Waals surface area (Å²) in [4.78, 5) is 27.3. The van der Waals surface area contributed by atoms with Gasteiger partial charge in [-0.15, -0.1) is 0 Å². The van der Waals surface area contributed by atoms with Gasteiger partial charge in [0.05, 0.1) is 11.3 Å². The molecule has 0 spiro atoms. The van der Waals surface area contributed by atoms with Gasteiger partial charge in [-0.05, 0) is 30.3 Å². The van der Waals surface area contributed by atoms with Crippen LogP contribution in [0.5, 0.6) is 5.75 Å². The minimum Gasteiger partial charge on any atom is -0.459 e. The van der Waals surface area contributed by atoms with E-state index < -0.39 is 11.9 Å². The Labute approximate surface area is 146 Å². The van der Waals surface area contributed by atoms with E-state index in [0.29, 0.717) is 16.3 Å². The summed E-state index contributed by atoms with van der Waals surface area (Å²) in [6.45, 7) is 1.23. The Morgan fingerprint density at radius 1 is 1.33 bits per heavy atom. The third kappa shape index (κ3) is 3.34. The molecule has 0 radical (unpaired) electrons. The Bertz CT molecular complexity index is 884. The van der Waals surface area contributed by atoms with E-state index in [1.807, 2.05) is 0 Å². The third-order valence-electron chi connectivity index (χ3n) is 2.93. The average molecular weight is 366 g/mol. The normalized spacial score (nSPS) is 15.4. The molecule has 1 aromatic heterocycles. The molecule has 24 heavy (non-hydrogen) atoms. The SMILES string of the molecule is CC(=O)Oc1c(Cl)cc(Cl)cc1C=C1N=C(c2ccco2)OC1=O. The first-order valence-electron chi connectivity index (χ1n) is 6.68. The van der Waals surface area contributed by atoms with Crippen LogP contribution >= 0.6 is 23.2 Å². The molecule has 122 valence electrons. The van der Waals surface area contributed by atoms with Gasteiger partial charge in [-0.3, -0.25) is 4.79 Å². The van der Waals surface area contributed by atoms with Gasteiger partial charge < -0.3 is 13.9 Å². The molecule has 0 N–H and O–H groups in total. The molecular weight excluding hydrogens is 357 g/mol. The van der Waals surface area contributed by atoms with Crippen molar-refractivity contribution in [1.82, 2.24) is 0 Å². The van der Waals surface area contributed by atoms with Gasteiger partial charge in [0.2, 0.25) is 0 Å². The summed E-state index contributed by atoms with van der Waals surface area (Å²) in [5, 5.41) is 0.440. The maximum Gasteiger partial charge on any atom is 0.363 e. The highest BCUT2D eigenvalue weighted by Gasteiger charge is 2.26. The molecule has 1 aliphatic heterocycles. The standard InChI is InChI=1S/C16H9Cl2NO5/c1-8(20)23-14-9(5-10(17)7-11(14)18)6-12-16(21)24-15(19-12)13-3-2-4-22-13/h2-7H,1H3. The van der Waals surface area contributed by atoms with Crippen molar-refractivity contribution >= 4 is 47.1 Å². The van der Waals surface area contributed by atoms with Crippen LogP contribution in [-0.4, -0.2) is 17.8 Å². The average Bonchev–Trinajstić information content (AvgIpc) is 3.13. The van der Waals surface area contributed by atoms with Gasteiger partial charge in [-0.2, -0.15) is 0 Å². The highest BCUT2D eigenvalue weighted by molar-refractivity contribution is 6.36. The lowest BCUT2D eigenvalue weighted by Gasteiger charge is -2.08. The summed E-state index contributed by atoms with van der Waals surface area (Å²) in [5.41, 5.74) is 0.312. The number of halogens is 2. The van der Waals surface area contributed by atoms with Gasteiger partial charge in [0.1, 0.15) is 0 Å². The van der Waals surface area contributed by atoms with Gasteiger partial charge in [0, 0.05) is 17.5 Å². The molecule has 2 aromatic rings. The van der Waals surface area contributed by atoms with Crippen LogP contribution in [0, 0.1) is 0 Å². The maximum absolute atomic E-state index is 12.0. The fourth-order valence-electron chi connectivity index (χ4n) is 2.00. The molecule has 0 atom stereocenters. The highest BCUT2D eigenvalue weighted by Crippen LogP contribution is 2.34. The fourth-order valence-corrected chi connectivity index (χ4v) is 2.55. The van der Waals surface area contributed by atoms with E-state index in [0.717, 1.165) is 0 Å². The summed E-state index contributed by atoms with van der Waals surface area (Å²) in [7, 11) is 0. The van der Waals surface area contributed by atoms with Crippen molar-refractivity contribution in [3.05, 3.63) is 57.6 Å². The predicted molar refractivity (Wildman–Crippen MR) is 87.1 cm³/mol. The number of benzene rings is 1. The van der Waals surface area contributed by atoms with Gasteiger partial charge in [-0.1, -0.05) is 23.2 Å². The lowest BCUT2D eigenvalue weighted by molar-refractivity contribution is -0.132. The molecule has 0 saturated heterocycles. The van der Waals surface area contributed by atoms with Gasteiger partial charge in [0.15, 0.2) is 17.2 Å². The minimum atomic E-state index is -0.675. The minimum absolute atomic E-state index is 0.00636. The van der Waals surface area contributed by atoms with Crippen LogP contribution in [0.25, 0.3) is 6.08 Å². The third-order valence-corrected chi connectivity index (χ3v) is 3.43. The van der Waals surface area contributed by atoms with E-state index >= 15 is 0 Å². The second-order valence-corrected chi connectivity index (χ2v) is 5.56. The van der Waals surface area contributed by atoms with Crippen molar-refractivity contribution in [2.75, 3.05) is 0 Å². The van der Waals surface area contributed by atoms with E-state index in [4.69, 9.17) is 37.1 Å². The van der Waals surface area contributed by atoms with Crippen LogP contribution in [0.4, 0.5) is 0 Å². The number of esters is 2. The Kier molecular flexibility index (Phi) is 4.42. The molecule has 6 nitrogen and oxygen atoms in total. The summed E-state index contributed by atoms with van der Waals surface area (Å²) in [6, 6.07) is 6.17. The van der Waals surface area contributed by atoms with Crippen LogP contribution in [0.3, 0.4) is 0 Å². The lowest BCUT2D eigenvalue weighted by atomic mass is 10.1.